The Morgan fingerprint density at radius 3 is 2.65 bits per heavy atom. The minimum atomic E-state index is -0.00714. The maximum absolute atomic E-state index is 12.0. The maximum atomic E-state index is 12.0. The summed E-state index contributed by atoms with van der Waals surface area (Å²) in [6, 6.07) is -0.00714. The summed E-state index contributed by atoms with van der Waals surface area (Å²) in [6.07, 6.45) is 0.897. The van der Waals surface area contributed by atoms with Crippen LogP contribution in [0.4, 0.5) is 0 Å². The van der Waals surface area contributed by atoms with Gasteiger partial charge in [0.1, 0.15) is 0 Å². The Kier molecular flexibility index (Phi) is 3.19. The number of nitrogens with one attached hydrogen (secondary N) is 1. The van der Waals surface area contributed by atoms with Crippen LogP contribution in [0.15, 0.2) is 0 Å². The van der Waals surface area contributed by atoms with Gasteiger partial charge in [0.2, 0.25) is 5.91 Å². The Bertz CT molecular complexity index is 438. The number of likely N-dealkylation sites (N-methyl/N-ethyl adjacent to an activating group) is 1. The number of likely N-dealkylation sites (tertiary alicyclic amines) is 1. The van der Waals surface area contributed by atoms with Crippen molar-refractivity contribution >= 4 is 5.91 Å². The molecule has 1 amide bonds. The van der Waals surface area contributed by atoms with E-state index < -0.39 is 0 Å². The standard InChI is InChI=1S/C12H20N4O/c1-8-10(9(2)15(4)14-8)7-16-6-5-11(13-3)12(16)17/h11,13H,5-7H2,1-4H3. The van der Waals surface area contributed by atoms with Crippen LogP contribution in [-0.4, -0.2) is 40.2 Å². The van der Waals surface area contributed by atoms with Crippen LogP contribution < -0.4 is 5.32 Å². The monoisotopic (exact) mass is 236 g/mol. The quantitative estimate of drug-likeness (QED) is 0.824. The molecule has 0 radical (unpaired) electrons. The number of hydrogen-bond acceptors (Lipinski definition) is 3. The summed E-state index contributed by atoms with van der Waals surface area (Å²) in [5, 5.41) is 7.43. The van der Waals surface area contributed by atoms with E-state index in [4.69, 9.17) is 0 Å². The van der Waals surface area contributed by atoms with E-state index >= 15 is 0 Å². The van der Waals surface area contributed by atoms with E-state index in [1.807, 2.05) is 37.5 Å². The van der Waals surface area contributed by atoms with Crippen LogP contribution >= 0.6 is 0 Å². The second kappa shape index (κ2) is 4.49. The van der Waals surface area contributed by atoms with Crippen molar-refractivity contribution in [2.75, 3.05) is 13.6 Å². The Hall–Kier alpha value is -1.36. The normalized spacial score (nSPS) is 20.4. The van der Waals surface area contributed by atoms with Crippen molar-refractivity contribution in [2.24, 2.45) is 7.05 Å². The third-order valence-electron chi connectivity index (χ3n) is 3.65. The summed E-state index contributed by atoms with van der Waals surface area (Å²) in [4.78, 5) is 13.9. The second-order valence-corrected chi connectivity index (χ2v) is 4.66. The molecule has 1 saturated heterocycles. The van der Waals surface area contributed by atoms with Gasteiger partial charge in [0.05, 0.1) is 11.7 Å². The molecule has 94 valence electrons. The summed E-state index contributed by atoms with van der Waals surface area (Å²) in [5.74, 6) is 0.204. The summed E-state index contributed by atoms with van der Waals surface area (Å²) in [5.41, 5.74) is 3.34. The fraction of sp³-hybridized carbons (Fsp3) is 0.667. The van der Waals surface area contributed by atoms with Gasteiger partial charge in [-0.15, -0.1) is 0 Å². The molecule has 1 aliphatic rings. The van der Waals surface area contributed by atoms with Gasteiger partial charge < -0.3 is 10.2 Å². The van der Waals surface area contributed by atoms with Gasteiger partial charge in [0.25, 0.3) is 0 Å². The number of carbonyl (C=O) groups is 1. The van der Waals surface area contributed by atoms with Gasteiger partial charge in [-0.05, 0) is 27.3 Å². The van der Waals surface area contributed by atoms with Gasteiger partial charge in [-0.25, -0.2) is 0 Å². The molecule has 1 N–H and O–H groups in total. The van der Waals surface area contributed by atoms with Crippen molar-refractivity contribution in [1.82, 2.24) is 20.0 Å². The van der Waals surface area contributed by atoms with E-state index in [0.29, 0.717) is 6.54 Å². The lowest BCUT2D eigenvalue weighted by Gasteiger charge is -2.16. The van der Waals surface area contributed by atoms with Crippen LogP contribution in [0.3, 0.4) is 0 Å². The van der Waals surface area contributed by atoms with Gasteiger partial charge in [0, 0.05) is 31.4 Å². The van der Waals surface area contributed by atoms with Crippen LogP contribution in [-0.2, 0) is 18.4 Å². The van der Waals surface area contributed by atoms with Crippen LogP contribution in [0, 0.1) is 13.8 Å². The molecular formula is C12H20N4O. The average molecular weight is 236 g/mol. The largest absolute Gasteiger partial charge is 0.337 e. The number of nitrogens with zero attached hydrogens (tertiary/aromatic N) is 3. The Balaban J connectivity index is 2.14. The van der Waals surface area contributed by atoms with E-state index in [0.717, 1.165) is 24.4 Å². The van der Waals surface area contributed by atoms with Crippen molar-refractivity contribution in [3.05, 3.63) is 17.0 Å². The Morgan fingerprint density at radius 2 is 2.18 bits per heavy atom. The fourth-order valence-electron chi connectivity index (χ4n) is 2.40. The van der Waals surface area contributed by atoms with Crippen LogP contribution in [0.5, 0.6) is 0 Å². The van der Waals surface area contributed by atoms with Crippen LogP contribution in [0.25, 0.3) is 0 Å². The van der Waals surface area contributed by atoms with Gasteiger partial charge in [-0.2, -0.15) is 5.10 Å². The van der Waals surface area contributed by atoms with E-state index in [-0.39, 0.29) is 11.9 Å². The fourth-order valence-corrected chi connectivity index (χ4v) is 2.40. The zero-order valence-corrected chi connectivity index (χ0v) is 10.9. The lowest BCUT2D eigenvalue weighted by atomic mass is 10.2. The molecule has 0 aromatic carbocycles. The SMILES string of the molecule is CNC1CCN(Cc2c(C)nn(C)c2C)C1=O. The minimum absolute atomic E-state index is 0.00714. The smallest absolute Gasteiger partial charge is 0.240 e. The van der Waals surface area contributed by atoms with Crippen molar-refractivity contribution < 1.29 is 4.79 Å². The number of hydrogen-bond donors (Lipinski definition) is 1. The van der Waals surface area contributed by atoms with Gasteiger partial charge in [-0.1, -0.05) is 0 Å². The molecule has 1 aromatic rings. The third kappa shape index (κ3) is 2.07. The average Bonchev–Trinajstić information content (AvgIpc) is 2.75. The molecule has 1 atom stereocenters. The number of amides is 1. The molecular weight excluding hydrogens is 216 g/mol. The molecule has 1 aromatic heterocycles. The lowest BCUT2D eigenvalue weighted by molar-refractivity contribution is -0.129. The summed E-state index contributed by atoms with van der Waals surface area (Å²) >= 11 is 0. The molecule has 2 heterocycles. The predicted molar refractivity (Wildman–Crippen MR) is 65.6 cm³/mol. The van der Waals surface area contributed by atoms with E-state index in [2.05, 4.69) is 10.4 Å². The first-order valence-corrected chi connectivity index (χ1v) is 5.99. The van der Waals surface area contributed by atoms with Crippen LogP contribution in [0.2, 0.25) is 0 Å². The lowest BCUT2D eigenvalue weighted by Crippen LogP contribution is -2.36. The first kappa shape index (κ1) is 12.1. The minimum Gasteiger partial charge on any atom is -0.337 e. The van der Waals surface area contributed by atoms with Crippen molar-refractivity contribution in [3.63, 3.8) is 0 Å². The highest BCUT2D eigenvalue weighted by atomic mass is 16.2. The summed E-state index contributed by atoms with van der Waals surface area (Å²) in [7, 11) is 3.78. The number of rotatable bonds is 3. The molecule has 0 aliphatic carbocycles. The Morgan fingerprint density at radius 1 is 1.47 bits per heavy atom. The summed E-state index contributed by atoms with van der Waals surface area (Å²) < 4.78 is 1.88. The molecule has 17 heavy (non-hydrogen) atoms. The highest BCUT2D eigenvalue weighted by Crippen LogP contribution is 2.19. The van der Waals surface area contributed by atoms with Gasteiger partial charge in [-0.3, -0.25) is 9.48 Å². The van der Waals surface area contributed by atoms with Gasteiger partial charge >= 0.3 is 0 Å². The molecule has 0 bridgehead atoms. The van der Waals surface area contributed by atoms with Crippen molar-refractivity contribution in [3.8, 4) is 0 Å². The van der Waals surface area contributed by atoms with Crippen LogP contribution in [0.1, 0.15) is 23.4 Å². The molecule has 5 nitrogen and oxygen atoms in total. The maximum Gasteiger partial charge on any atom is 0.240 e. The molecule has 0 spiro atoms. The zero-order valence-electron chi connectivity index (χ0n) is 10.9. The van der Waals surface area contributed by atoms with Crippen molar-refractivity contribution in [1.29, 1.82) is 0 Å². The third-order valence-corrected chi connectivity index (χ3v) is 3.65. The van der Waals surface area contributed by atoms with E-state index in [1.54, 1.807) is 0 Å². The van der Waals surface area contributed by atoms with E-state index in [1.165, 1.54) is 5.56 Å². The molecule has 1 aliphatic heterocycles. The number of aromatic nitrogens is 2. The highest BCUT2D eigenvalue weighted by molar-refractivity contribution is 5.83. The first-order chi connectivity index (χ1) is 8.04. The molecule has 1 unspecified atom stereocenters. The number of carbonyl (C=O) groups excluding carboxylic acids is 1. The summed E-state index contributed by atoms with van der Waals surface area (Å²) in [6.45, 7) is 5.56. The van der Waals surface area contributed by atoms with Crippen molar-refractivity contribution in [2.45, 2.75) is 32.9 Å². The Labute approximate surface area is 102 Å². The molecule has 5 heteroatoms. The second-order valence-electron chi connectivity index (χ2n) is 4.66. The molecule has 2 rings (SSSR count). The topological polar surface area (TPSA) is 50.2 Å². The number of aryl methyl sites for hydroxylation is 2. The molecule has 0 saturated carbocycles. The zero-order chi connectivity index (χ0) is 12.6. The first-order valence-electron chi connectivity index (χ1n) is 5.99. The van der Waals surface area contributed by atoms with E-state index in [9.17, 15) is 4.79 Å². The highest BCUT2D eigenvalue weighted by Gasteiger charge is 2.31. The molecule has 1 fully saturated rings. The van der Waals surface area contributed by atoms with Gasteiger partial charge in [0.15, 0.2) is 0 Å². The predicted octanol–water partition coefficient (Wildman–Crippen LogP) is 0.357.